The van der Waals surface area contributed by atoms with E-state index in [1.54, 1.807) is 12.1 Å². The van der Waals surface area contributed by atoms with Gasteiger partial charge in [-0.1, -0.05) is 12.1 Å². The Labute approximate surface area is 100 Å². The maximum atomic E-state index is 11.4. The molecule has 0 atom stereocenters. The molecule has 0 aliphatic carbocycles. The summed E-state index contributed by atoms with van der Waals surface area (Å²) in [6, 6.07) is 6.05. The summed E-state index contributed by atoms with van der Waals surface area (Å²) in [4.78, 5) is 34.9. The average molecular weight is 247 g/mol. The number of hydrogen-bond donors (Lipinski definition) is 2. The molecule has 1 aromatic carbocycles. The molecule has 7 heteroatoms. The first-order chi connectivity index (χ1) is 8.56. The SMILES string of the molecule is O=C(O)c1ccc(Cn2ncc(=O)[nH]c2=O)cc1. The van der Waals surface area contributed by atoms with Crippen LogP contribution in [-0.4, -0.2) is 25.8 Å². The van der Waals surface area contributed by atoms with E-state index in [-0.39, 0.29) is 12.1 Å². The van der Waals surface area contributed by atoms with Crippen molar-refractivity contribution in [3.8, 4) is 0 Å². The van der Waals surface area contributed by atoms with Crippen molar-refractivity contribution in [2.45, 2.75) is 6.54 Å². The maximum absolute atomic E-state index is 11.4. The van der Waals surface area contributed by atoms with Crippen LogP contribution in [0.1, 0.15) is 15.9 Å². The number of benzene rings is 1. The first kappa shape index (κ1) is 11.8. The quantitative estimate of drug-likeness (QED) is 0.773. The minimum absolute atomic E-state index is 0.162. The molecule has 0 saturated carbocycles. The lowest BCUT2D eigenvalue weighted by atomic mass is 10.1. The highest BCUT2D eigenvalue weighted by Gasteiger charge is 2.03. The van der Waals surface area contributed by atoms with Crippen LogP contribution >= 0.6 is 0 Å². The van der Waals surface area contributed by atoms with Gasteiger partial charge in [-0.3, -0.25) is 9.78 Å². The van der Waals surface area contributed by atoms with Crippen LogP contribution in [0.2, 0.25) is 0 Å². The molecular weight excluding hydrogens is 238 g/mol. The number of carbonyl (C=O) groups is 1. The molecule has 0 amide bonds. The number of nitrogens with zero attached hydrogens (tertiary/aromatic N) is 2. The van der Waals surface area contributed by atoms with E-state index in [1.807, 2.05) is 0 Å². The standard InChI is InChI=1S/C11H9N3O4/c15-9-5-12-14(11(18)13-9)6-7-1-3-8(4-2-7)10(16)17/h1-5H,6H2,(H,16,17)(H,13,15,18). The van der Waals surface area contributed by atoms with Gasteiger partial charge in [-0.25, -0.2) is 14.3 Å². The molecule has 92 valence electrons. The Balaban J connectivity index is 2.26. The van der Waals surface area contributed by atoms with Crippen molar-refractivity contribution in [3.63, 3.8) is 0 Å². The van der Waals surface area contributed by atoms with Crippen molar-refractivity contribution >= 4 is 5.97 Å². The van der Waals surface area contributed by atoms with Crippen LogP contribution in [-0.2, 0) is 6.54 Å². The molecule has 7 nitrogen and oxygen atoms in total. The zero-order valence-corrected chi connectivity index (χ0v) is 9.16. The molecule has 1 aromatic heterocycles. The second kappa shape index (κ2) is 4.66. The van der Waals surface area contributed by atoms with E-state index >= 15 is 0 Å². The number of nitrogens with one attached hydrogen (secondary N) is 1. The van der Waals surface area contributed by atoms with Gasteiger partial charge >= 0.3 is 11.7 Å². The fraction of sp³-hybridized carbons (Fsp3) is 0.0909. The summed E-state index contributed by atoms with van der Waals surface area (Å²) < 4.78 is 1.08. The lowest BCUT2D eigenvalue weighted by molar-refractivity contribution is 0.0697. The number of hydrogen-bond acceptors (Lipinski definition) is 4. The van der Waals surface area contributed by atoms with Crippen LogP contribution < -0.4 is 11.2 Å². The number of H-pyrrole nitrogens is 1. The first-order valence-electron chi connectivity index (χ1n) is 5.05. The normalized spacial score (nSPS) is 10.2. The van der Waals surface area contributed by atoms with E-state index in [4.69, 9.17) is 5.11 Å². The van der Waals surface area contributed by atoms with E-state index in [1.165, 1.54) is 12.1 Å². The largest absolute Gasteiger partial charge is 0.478 e. The van der Waals surface area contributed by atoms with Gasteiger partial charge in [-0.15, -0.1) is 0 Å². The molecule has 2 rings (SSSR count). The van der Waals surface area contributed by atoms with Gasteiger partial charge in [0.2, 0.25) is 0 Å². The van der Waals surface area contributed by atoms with E-state index < -0.39 is 17.2 Å². The van der Waals surface area contributed by atoms with Crippen molar-refractivity contribution in [2.24, 2.45) is 0 Å². The molecular formula is C11H9N3O4. The van der Waals surface area contributed by atoms with Crippen molar-refractivity contribution in [2.75, 3.05) is 0 Å². The number of aromatic amines is 1. The molecule has 0 bridgehead atoms. The highest BCUT2D eigenvalue weighted by atomic mass is 16.4. The summed E-state index contributed by atoms with van der Waals surface area (Å²) in [6.07, 6.45) is 1.01. The molecule has 0 fully saturated rings. The van der Waals surface area contributed by atoms with E-state index in [9.17, 15) is 14.4 Å². The van der Waals surface area contributed by atoms with Crippen molar-refractivity contribution in [1.82, 2.24) is 14.8 Å². The highest BCUT2D eigenvalue weighted by molar-refractivity contribution is 5.87. The van der Waals surface area contributed by atoms with Crippen LogP contribution in [0.15, 0.2) is 40.1 Å². The Morgan fingerprint density at radius 1 is 1.28 bits per heavy atom. The second-order valence-electron chi connectivity index (χ2n) is 3.60. The summed E-state index contributed by atoms with van der Waals surface area (Å²) in [5, 5.41) is 12.4. The summed E-state index contributed by atoms with van der Waals surface area (Å²) in [5.41, 5.74) is -0.288. The van der Waals surface area contributed by atoms with E-state index in [0.29, 0.717) is 5.56 Å². The molecule has 0 aliphatic rings. The number of rotatable bonds is 3. The third-order valence-corrected chi connectivity index (χ3v) is 2.31. The third-order valence-electron chi connectivity index (χ3n) is 2.31. The highest BCUT2D eigenvalue weighted by Crippen LogP contribution is 2.04. The number of aromatic nitrogens is 3. The monoisotopic (exact) mass is 247 g/mol. The Bertz CT molecular complexity index is 684. The molecule has 0 unspecified atom stereocenters. The topological polar surface area (TPSA) is 105 Å². The number of carboxylic acids is 1. The molecule has 1 heterocycles. The predicted octanol–water partition coefficient (Wildman–Crippen LogP) is -0.322. The van der Waals surface area contributed by atoms with Crippen molar-refractivity contribution in [3.05, 3.63) is 62.4 Å². The van der Waals surface area contributed by atoms with Gasteiger partial charge in [0.25, 0.3) is 5.56 Å². The van der Waals surface area contributed by atoms with Crippen LogP contribution in [0.25, 0.3) is 0 Å². The smallest absolute Gasteiger partial charge is 0.345 e. The Hall–Kier alpha value is -2.70. The number of aromatic carboxylic acids is 1. The molecule has 0 radical (unpaired) electrons. The molecule has 18 heavy (non-hydrogen) atoms. The Morgan fingerprint density at radius 2 is 1.94 bits per heavy atom. The average Bonchev–Trinajstić information content (AvgIpc) is 2.33. The fourth-order valence-corrected chi connectivity index (χ4v) is 1.42. The van der Waals surface area contributed by atoms with Gasteiger partial charge in [0.1, 0.15) is 6.20 Å². The van der Waals surface area contributed by atoms with Gasteiger partial charge in [0, 0.05) is 0 Å². The predicted molar refractivity (Wildman–Crippen MR) is 61.6 cm³/mol. The third kappa shape index (κ3) is 2.51. The lowest BCUT2D eigenvalue weighted by Crippen LogP contribution is -2.31. The minimum Gasteiger partial charge on any atom is -0.478 e. The first-order valence-corrected chi connectivity index (χ1v) is 5.05. The van der Waals surface area contributed by atoms with Crippen molar-refractivity contribution < 1.29 is 9.90 Å². The lowest BCUT2D eigenvalue weighted by Gasteiger charge is -2.03. The molecule has 0 saturated heterocycles. The van der Waals surface area contributed by atoms with Crippen LogP contribution in [0.4, 0.5) is 0 Å². The second-order valence-corrected chi connectivity index (χ2v) is 3.60. The van der Waals surface area contributed by atoms with Gasteiger partial charge in [0.05, 0.1) is 12.1 Å². The van der Waals surface area contributed by atoms with Gasteiger partial charge in [-0.2, -0.15) is 5.10 Å². The minimum atomic E-state index is -1.01. The molecule has 0 spiro atoms. The van der Waals surface area contributed by atoms with Crippen LogP contribution in [0.5, 0.6) is 0 Å². The zero-order valence-electron chi connectivity index (χ0n) is 9.16. The summed E-state index contributed by atoms with van der Waals surface area (Å²) in [7, 11) is 0. The van der Waals surface area contributed by atoms with Crippen LogP contribution in [0.3, 0.4) is 0 Å². The van der Waals surface area contributed by atoms with Gasteiger partial charge in [-0.05, 0) is 17.7 Å². The molecule has 0 aliphatic heterocycles. The van der Waals surface area contributed by atoms with E-state index in [2.05, 4.69) is 10.1 Å². The van der Waals surface area contributed by atoms with Gasteiger partial charge in [0.15, 0.2) is 0 Å². The molecule has 2 N–H and O–H groups in total. The zero-order chi connectivity index (χ0) is 13.1. The summed E-state index contributed by atoms with van der Waals surface area (Å²) >= 11 is 0. The number of carboxylic acid groups (broad SMARTS) is 1. The Morgan fingerprint density at radius 3 is 2.50 bits per heavy atom. The van der Waals surface area contributed by atoms with E-state index in [0.717, 1.165) is 10.9 Å². The Kier molecular flexibility index (Phi) is 3.05. The summed E-state index contributed by atoms with van der Waals surface area (Å²) in [6.45, 7) is 0.162. The van der Waals surface area contributed by atoms with Crippen molar-refractivity contribution in [1.29, 1.82) is 0 Å². The fourth-order valence-electron chi connectivity index (χ4n) is 1.42. The summed E-state index contributed by atoms with van der Waals surface area (Å²) in [5.74, 6) is -1.01. The molecule has 2 aromatic rings. The van der Waals surface area contributed by atoms with Crippen LogP contribution in [0, 0.1) is 0 Å². The maximum Gasteiger partial charge on any atom is 0.345 e. The van der Waals surface area contributed by atoms with Gasteiger partial charge < -0.3 is 5.11 Å².